The summed E-state index contributed by atoms with van der Waals surface area (Å²) in [5.74, 6) is 1.42. The molecule has 180 valence electrons. The summed E-state index contributed by atoms with van der Waals surface area (Å²) in [6.07, 6.45) is 1.76. The van der Waals surface area contributed by atoms with Gasteiger partial charge in [0.1, 0.15) is 0 Å². The van der Waals surface area contributed by atoms with Crippen molar-refractivity contribution in [2.45, 2.75) is 39.3 Å². The highest BCUT2D eigenvalue weighted by Crippen LogP contribution is 2.32. The molecule has 10 nitrogen and oxygen atoms in total. The molecule has 1 atom stereocenters. The Labute approximate surface area is 197 Å². The second kappa shape index (κ2) is 10.1. The van der Waals surface area contributed by atoms with Crippen molar-refractivity contribution in [3.63, 3.8) is 0 Å². The molecule has 1 aliphatic heterocycles. The molecule has 1 fully saturated rings. The van der Waals surface area contributed by atoms with Crippen molar-refractivity contribution in [2.75, 3.05) is 31.2 Å². The number of hydrogen-bond donors (Lipinski definition) is 1. The number of nitro groups is 1. The largest absolute Gasteiger partial charge is 0.490 e. The zero-order chi connectivity index (χ0) is 24.2. The standard InChI is InChI=1S/C24H29N5O5/c1-3-33-21-12-18-19(13-22(21)34-4-2)26-24(27-11-7-9-17(25)15-27)28(23(18)30)14-16-8-5-6-10-20(16)29(31)32/h5-6,8,10,12-13,17H,3-4,7,9,11,14-15,25H2,1-2H3. The van der Waals surface area contributed by atoms with E-state index < -0.39 is 4.92 Å². The summed E-state index contributed by atoms with van der Waals surface area (Å²) in [6.45, 7) is 5.83. The van der Waals surface area contributed by atoms with Gasteiger partial charge in [0.25, 0.3) is 11.2 Å². The van der Waals surface area contributed by atoms with Gasteiger partial charge >= 0.3 is 0 Å². The predicted molar refractivity (Wildman–Crippen MR) is 130 cm³/mol. The van der Waals surface area contributed by atoms with Crippen LogP contribution in [0.5, 0.6) is 11.5 Å². The molecule has 2 heterocycles. The molecule has 4 rings (SSSR count). The predicted octanol–water partition coefficient (Wildman–Crippen LogP) is 3.08. The van der Waals surface area contributed by atoms with Crippen molar-refractivity contribution in [1.82, 2.24) is 9.55 Å². The molecule has 0 spiro atoms. The highest BCUT2D eigenvalue weighted by molar-refractivity contribution is 5.83. The molecule has 1 aliphatic rings. The van der Waals surface area contributed by atoms with Crippen LogP contribution in [0.3, 0.4) is 0 Å². The summed E-state index contributed by atoms with van der Waals surface area (Å²) >= 11 is 0. The van der Waals surface area contributed by atoms with E-state index in [-0.39, 0.29) is 23.8 Å². The summed E-state index contributed by atoms with van der Waals surface area (Å²) < 4.78 is 12.9. The zero-order valence-corrected chi connectivity index (χ0v) is 19.4. The third-order valence-corrected chi connectivity index (χ3v) is 5.86. The van der Waals surface area contributed by atoms with Gasteiger partial charge in [-0.2, -0.15) is 0 Å². The lowest BCUT2D eigenvalue weighted by atomic mass is 10.1. The number of fused-ring (bicyclic) bond motifs is 1. The van der Waals surface area contributed by atoms with Crippen molar-refractivity contribution < 1.29 is 14.4 Å². The van der Waals surface area contributed by atoms with Gasteiger partial charge in [0.2, 0.25) is 5.95 Å². The Morgan fingerprint density at radius 3 is 2.56 bits per heavy atom. The van der Waals surface area contributed by atoms with Crippen LogP contribution in [0.1, 0.15) is 32.3 Å². The van der Waals surface area contributed by atoms with Crippen LogP contribution < -0.4 is 25.7 Å². The van der Waals surface area contributed by atoms with Crippen LogP contribution in [0.4, 0.5) is 11.6 Å². The highest BCUT2D eigenvalue weighted by atomic mass is 16.6. The van der Waals surface area contributed by atoms with E-state index >= 15 is 0 Å². The normalized spacial score (nSPS) is 16.0. The molecule has 0 saturated carbocycles. The average molecular weight is 468 g/mol. The van der Waals surface area contributed by atoms with E-state index in [0.717, 1.165) is 12.8 Å². The number of para-hydroxylation sites is 1. The van der Waals surface area contributed by atoms with Gasteiger partial charge in [0, 0.05) is 36.8 Å². The van der Waals surface area contributed by atoms with Crippen molar-refractivity contribution >= 4 is 22.5 Å². The molecule has 0 radical (unpaired) electrons. The fraction of sp³-hybridized carbons (Fsp3) is 0.417. The van der Waals surface area contributed by atoms with Crippen LogP contribution in [-0.2, 0) is 6.54 Å². The van der Waals surface area contributed by atoms with Gasteiger partial charge in [-0.3, -0.25) is 19.5 Å². The number of hydrogen-bond acceptors (Lipinski definition) is 8. The summed E-state index contributed by atoms with van der Waals surface area (Å²) in [5.41, 5.74) is 6.77. The number of piperidine rings is 1. The van der Waals surface area contributed by atoms with E-state index in [1.54, 1.807) is 30.3 Å². The molecule has 0 amide bonds. The Hall–Kier alpha value is -3.66. The molecule has 0 bridgehead atoms. The SMILES string of the molecule is CCOc1cc2nc(N3CCCC(N)C3)n(Cc3ccccc3[N+](=O)[O-])c(=O)c2cc1OCC. The fourth-order valence-electron chi connectivity index (χ4n) is 4.32. The zero-order valence-electron chi connectivity index (χ0n) is 19.4. The number of nitrogens with zero attached hydrogens (tertiary/aromatic N) is 4. The molecule has 2 aromatic carbocycles. The van der Waals surface area contributed by atoms with Crippen molar-refractivity contribution in [3.05, 3.63) is 62.4 Å². The summed E-state index contributed by atoms with van der Waals surface area (Å²) in [6, 6.07) is 9.74. The van der Waals surface area contributed by atoms with E-state index in [9.17, 15) is 14.9 Å². The third-order valence-electron chi connectivity index (χ3n) is 5.86. The van der Waals surface area contributed by atoms with Crippen LogP contribution in [0.25, 0.3) is 10.9 Å². The topological polar surface area (TPSA) is 126 Å². The molecule has 1 saturated heterocycles. The minimum absolute atomic E-state index is 0.0111. The highest BCUT2D eigenvalue weighted by Gasteiger charge is 2.25. The van der Waals surface area contributed by atoms with Gasteiger partial charge in [-0.05, 0) is 32.8 Å². The molecular formula is C24H29N5O5. The average Bonchev–Trinajstić information content (AvgIpc) is 2.82. The van der Waals surface area contributed by atoms with Gasteiger partial charge in [0.05, 0.1) is 35.6 Å². The van der Waals surface area contributed by atoms with Crippen molar-refractivity contribution in [3.8, 4) is 11.5 Å². The maximum Gasteiger partial charge on any atom is 0.274 e. The maximum atomic E-state index is 13.8. The lowest BCUT2D eigenvalue weighted by Gasteiger charge is -2.33. The van der Waals surface area contributed by atoms with Crippen LogP contribution in [0, 0.1) is 10.1 Å². The summed E-state index contributed by atoms with van der Waals surface area (Å²) in [7, 11) is 0. The number of aromatic nitrogens is 2. The smallest absolute Gasteiger partial charge is 0.274 e. The van der Waals surface area contributed by atoms with E-state index in [1.807, 2.05) is 18.7 Å². The molecule has 1 aromatic heterocycles. The van der Waals surface area contributed by atoms with Gasteiger partial charge in [-0.1, -0.05) is 18.2 Å². The van der Waals surface area contributed by atoms with E-state index in [1.165, 1.54) is 10.6 Å². The Balaban J connectivity index is 1.93. The molecule has 1 unspecified atom stereocenters. The Kier molecular flexibility index (Phi) is 6.97. The fourth-order valence-corrected chi connectivity index (χ4v) is 4.32. The lowest BCUT2D eigenvalue weighted by molar-refractivity contribution is -0.385. The van der Waals surface area contributed by atoms with Crippen LogP contribution in [-0.4, -0.2) is 46.8 Å². The molecule has 0 aliphatic carbocycles. The minimum Gasteiger partial charge on any atom is -0.490 e. The van der Waals surface area contributed by atoms with Crippen LogP contribution in [0.2, 0.25) is 0 Å². The Morgan fingerprint density at radius 1 is 1.18 bits per heavy atom. The maximum absolute atomic E-state index is 13.8. The molecule has 3 aromatic rings. The van der Waals surface area contributed by atoms with Crippen molar-refractivity contribution in [2.24, 2.45) is 5.73 Å². The van der Waals surface area contributed by atoms with Gasteiger partial charge in [-0.15, -0.1) is 0 Å². The van der Waals surface area contributed by atoms with Crippen molar-refractivity contribution in [1.29, 1.82) is 0 Å². The molecular weight excluding hydrogens is 438 g/mol. The first-order valence-electron chi connectivity index (χ1n) is 11.5. The van der Waals surface area contributed by atoms with Crippen LogP contribution in [0.15, 0.2) is 41.2 Å². The molecule has 34 heavy (non-hydrogen) atoms. The molecule has 10 heteroatoms. The number of nitrogens with two attached hydrogens (primary N) is 1. The third kappa shape index (κ3) is 4.67. The van der Waals surface area contributed by atoms with Gasteiger partial charge < -0.3 is 20.1 Å². The number of benzene rings is 2. The van der Waals surface area contributed by atoms with Gasteiger partial charge in [-0.25, -0.2) is 4.98 Å². The summed E-state index contributed by atoms with van der Waals surface area (Å²) in [5, 5.41) is 12.0. The van der Waals surface area contributed by atoms with Gasteiger partial charge in [0.15, 0.2) is 11.5 Å². The first-order valence-corrected chi connectivity index (χ1v) is 11.5. The Bertz CT molecular complexity index is 1260. The van der Waals surface area contributed by atoms with E-state index in [4.69, 9.17) is 20.2 Å². The van der Waals surface area contributed by atoms with Crippen LogP contribution >= 0.6 is 0 Å². The Morgan fingerprint density at radius 2 is 1.88 bits per heavy atom. The first kappa shape index (κ1) is 23.5. The number of anilines is 1. The first-order chi connectivity index (χ1) is 16.4. The lowest BCUT2D eigenvalue weighted by Crippen LogP contribution is -2.45. The van der Waals surface area contributed by atoms with E-state index in [0.29, 0.717) is 60.2 Å². The number of nitro benzene ring substituents is 1. The monoisotopic (exact) mass is 467 g/mol. The second-order valence-electron chi connectivity index (χ2n) is 8.22. The minimum atomic E-state index is -0.438. The van der Waals surface area contributed by atoms with E-state index in [2.05, 4.69) is 0 Å². The number of rotatable bonds is 8. The second-order valence-corrected chi connectivity index (χ2v) is 8.22. The molecule has 2 N–H and O–H groups in total. The number of ether oxygens (including phenoxy) is 2. The summed E-state index contributed by atoms with van der Waals surface area (Å²) in [4.78, 5) is 31.8. The quantitative estimate of drug-likeness (QED) is 0.396.